The van der Waals surface area contributed by atoms with Crippen LogP contribution in [0.2, 0.25) is 0 Å². The van der Waals surface area contributed by atoms with Gasteiger partial charge in [0.05, 0.1) is 0 Å². The lowest BCUT2D eigenvalue weighted by Crippen LogP contribution is -2.48. The Morgan fingerprint density at radius 3 is 2.58 bits per heavy atom. The maximum Gasteiger partial charge on any atom is 0.330 e. The summed E-state index contributed by atoms with van der Waals surface area (Å²) in [5.74, 6) is 1.06. The highest BCUT2D eigenvalue weighted by Crippen LogP contribution is 2.17. The van der Waals surface area contributed by atoms with Gasteiger partial charge in [-0.1, -0.05) is 33.3 Å². The van der Waals surface area contributed by atoms with Crippen LogP contribution in [-0.4, -0.2) is 66.0 Å². The molecule has 1 N–H and O–H groups in total. The number of hydrogen-bond acceptors (Lipinski definition) is 6. The van der Waals surface area contributed by atoms with Gasteiger partial charge < -0.3 is 9.47 Å². The summed E-state index contributed by atoms with van der Waals surface area (Å²) in [6.07, 6.45) is 6.15. The van der Waals surface area contributed by atoms with Gasteiger partial charge >= 0.3 is 5.69 Å². The molecule has 4 rings (SSSR count). The highest BCUT2D eigenvalue weighted by Gasteiger charge is 2.23. The first kappa shape index (κ1) is 25.8. The molecule has 3 aromatic heterocycles. The van der Waals surface area contributed by atoms with E-state index >= 15 is 0 Å². The molecule has 10 nitrogen and oxygen atoms in total. The van der Waals surface area contributed by atoms with Crippen LogP contribution in [0.5, 0.6) is 0 Å². The first-order valence-electron chi connectivity index (χ1n) is 13.0. The molecule has 4 heterocycles. The Kier molecular flexibility index (Phi) is 8.35. The minimum absolute atomic E-state index is 0.0939. The number of aryl methyl sites for hydroxylation is 2. The van der Waals surface area contributed by atoms with E-state index in [0.717, 1.165) is 32.5 Å². The number of pyridine rings is 1. The zero-order chi connectivity index (χ0) is 25.7. The fourth-order valence-electron chi connectivity index (χ4n) is 4.78. The van der Waals surface area contributed by atoms with Crippen molar-refractivity contribution in [2.75, 3.05) is 26.2 Å². The van der Waals surface area contributed by atoms with E-state index in [2.05, 4.69) is 41.7 Å². The van der Waals surface area contributed by atoms with Gasteiger partial charge in [0.25, 0.3) is 5.56 Å². The predicted octanol–water partition coefficient (Wildman–Crippen LogP) is 2.01. The van der Waals surface area contributed by atoms with Crippen molar-refractivity contribution in [1.82, 2.24) is 33.9 Å². The number of unbranched alkanes of at least 4 members (excludes halogenated alkanes) is 1. The molecule has 0 aromatic carbocycles. The molecular weight excluding hydrogens is 458 g/mol. The molecule has 1 amide bonds. The summed E-state index contributed by atoms with van der Waals surface area (Å²) in [5.41, 5.74) is 1.17. The van der Waals surface area contributed by atoms with Crippen LogP contribution in [0.25, 0.3) is 11.2 Å². The van der Waals surface area contributed by atoms with Gasteiger partial charge in [0, 0.05) is 71.0 Å². The van der Waals surface area contributed by atoms with Crippen molar-refractivity contribution in [2.45, 2.75) is 66.1 Å². The van der Waals surface area contributed by atoms with E-state index in [1.165, 1.54) is 5.56 Å². The number of piperazine rings is 1. The Labute approximate surface area is 211 Å². The normalized spacial score (nSPS) is 14.7. The number of H-pyrrole nitrogens is 1. The third-order valence-corrected chi connectivity index (χ3v) is 6.66. The van der Waals surface area contributed by atoms with Gasteiger partial charge in [-0.05, 0) is 24.0 Å². The number of rotatable bonds is 10. The molecule has 0 spiro atoms. The third-order valence-electron chi connectivity index (χ3n) is 6.66. The molecule has 10 heteroatoms. The lowest BCUT2D eigenvalue weighted by Gasteiger charge is -2.34. The van der Waals surface area contributed by atoms with Crippen LogP contribution in [0.1, 0.15) is 51.4 Å². The van der Waals surface area contributed by atoms with Crippen LogP contribution in [0, 0.1) is 5.92 Å². The number of fused-ring (bicyclic) bond motifs is 1. The highest BCUT2D eigenvalue weighted by molar-refractivity contribution is 5.77. The Morgan fingerprint density at radius 1 is 1.14 bits per heavy atom. The number of aromatic amines is 1. The maximum atomic E-state index is 13.1. The summed E-state index contributed by atoms with van der Waals surface area (Å²) < 4.78 is 3.46. The second kappa shape index (κ2) is 11.6. The Morgan fingerprint density at radius 2 is 1.92 bits per heavy atom. The lowest BCUT2D eigenvalue weighted by molar-refractivity contribution is -0.133. The number of hydrogen-bond donors (Lipinski definition) is 1. The van der Waals surface area contributed by atoms with Gasteiger partial charge in [0.2, 0.25) is 5.91 Å². The van der Waals surface area contributed by atoms with E-state index in [4.69, 9.17) is 4.98 Å². The number of nitrogens with zero attached hydrogens (tertiary/aromatic N) is 6. The van der Waals surface area contributed by atoms with Crippen molar-refractivity contribution in [3.05, 3.63) is 56.8 Å². The molecule has 1 aliphatic heterocycles. The van der Waals surface area contributed by atoms with Crippen molar-refractivity contribution in [1.29, 1.82) is 0 Å². The Balaban J connectivity index is 1.46. The van der Waals surface area contributed by atoms with Crippen LogP contribution < -0.4 is 11.2 Å². The fourth-order valence-corrected chi connectivity index (χ4v) is 4.78. The van der Waals surface area contributed by atoms with Crippen molar-refractivity contribution in [2.24, 2.45) is 5.92 Å². The first-order valence-corrected chi connectivity index (χ1v) is 13.0. The molecule has 0 radical (unpaired) electrons. The summed E-state index contributed by atoms with van der Waals surface area (Å²) in [6.45, 7) is 11.2. The SMILES string of the molecule is CCCCn1c(=O)[nH]c(=O)c2c1nc(CCC(=O)N1CCN(Cc3cccnc3)CC1)n2CC(C)C. The van der Waals surface area contributed by atoms with Crippen LogP contribution in [-0.2, 0) is 30.8 Å². The zero-order valence-corrected chi connectivity index (χ0v) is 21.6. The molecule has 1 aliphatic rings. The zero-order valence-electron chi connectivity index (χ0n) is 21.6. The topological polar surface area (TPSA) is 109 Å². The molecule has 0 unspecified atom stereocenters. The van der Waals surface area contributed by atoms with Crippen LogP contribution in [0.15, 0.2) is 34.1 Å². The monoisotopic (exact) mass is 495 g/mol. The van der Waals surface area contributed by atoms with Crippen molar-refractivity contribution in [3.63, 3.8) is 0 Å². The van der Waals surface area contributed by atoms with E-state index in [-0.39, 0.29) is 11.8 Å². The number of aromatic nitrogens is 5. The molecule has 0 saturated carbocycles. The second-order valence-corrected chi connectivity index (χ2v) is 9.99. The van der Waals surface area contributed by atoms with E-state index < -0.39 is 11.2 Å². The average molecular weight is 496 g/mol. The largest absolute Gasteiger partial charge is 0.340 e. The molecular formula is C26H37N7O3. The van der Waals surface area contributed by atoms with Crippen LogP contribution >= 0.6 is 0 Å². The summed E-state index contributed by atoms with van der Waals surface area (Å²) >= 11 is 0. The standard InChI is InChI=1S/C26H37N7O3/c1-4-5-11-32-24-23(25(35)29-26(32)36)33(17-19(2)3)21(28-24)8-9-22(34)31-14-12-30(13-15-31)18-20-7-6-10-27-16-20/h6-7,10,16,19H,4-5,8-9,11-15,17-18H2,1-3H3,(H,29,35,36). The summed E-state index contributed by atoms with van der Waals surface area (Å²) in [7, 11) is 0. The van der Waals surface area contributed by atoms with Gasteiger partial charge in [-0.3, -0.25) is 29.0 Å². The Hall–Kier alpha value is -3.27. The van der Waals surface area contributed by atoms with Gasteiger partial charge in [0.15, 0.2) is 11.2 Å². The third kappa shape index (κ3) is 5.92. The summed E-state index contributed by atoms with van der Waals surface area (Å²) in [6, 6.07) is 4.01. The fraction of sp³-hybridized carbons (Fsp3) is 0.577. The minimum Gasteiger partial charge on any atom is -0.340 e. The van der Waals surface area contributed by atoms with E-state index in [9.17, 15) is 14.4 Å². The van der Waals surface area contributed by atoms with Gasteiger partial charge in [0.1, 0.15) is 5.82 Å². The maximum absolute atomic E-state index is 13.1. The number of imidazole rings is 1. The number of carbonyl (C=O) groups is 1. The number of nitrogens with one attached hydrogen (secondary N) is 1. The van der Waals surface area contributed by atoms with Crippen molar-refractivity contribution in [3.8, 4) is 0 Å². The lowest BCUT2D eigenvalue weighted by atomic mass is 10.2. The first-order chi connectivity index (χ1) is 17.4. The molecule has 0 aliphatic carbocycles. The minimum atomic E-state index is -0.429. The summed E-state index contributed by atoms with van der Waals surface area (Å²) in [5, 5.41) is 0. The van der Waals surface area contributed by atoms with E-state index in [0.29, 0.717) is 56.0 Å². The smallest absolute Gasteiger partial charge is 0.330 e. The average Bonchev–Trinajstić information content (AvgIpc) is 3.21. The van der Waals surface area contributed by atoms with Crippen molar-refractivity contribution < 1.29 is 4.79 Å². The number of carbonyl (C=O) groups excluding carboxylic acids is 1. The quantitative estimate of drug-likeness (QED) is 0.461. The van der Waals surface area contributed by atoms with E-state index in [1.54, 1.807) is 10.8 Å². The van der Waals surface area contributed by atoms with Crippen LogP contribution in [0.4, 0.5) is 0 Å². The van der Waals surface area contributed by atoms with Gasteiger partial charge in [-0.25, -0.2) is 9.78 Å². The van der Waals surface area contributed by atoms with Gasteiger partial charge in [-0.15, -0.1) is 0 Å². The number of amides is 1. The van der Waals surface area contributed by atoms with Gasteiger partial charge in [-0.2, -0.15) is 0 Å². The predicted molar refractivity (Wildman–Crippen MR) is 139 cm³/mol. The highest BCUT2D eigenvalue weighted by atomic mass is 16.2. The van der Waals surface area contributed by atoms with Crippen LogP contribution in [0.3, 0.4) is 0 Å². The second-order valence-electron chi connectivity index (χ2n) is 9.99. The molecule has 194 valence electrons. The van der Waals surface area contributed by atoms with E-state index in [1.807, 2.05) is 21.7 Å². The van der Waals surface area contributed by atoms with Crippen molar-refractivity contribution >= 4 is 17.1 Å². The molecule has 3 aromatic rings. The molecule has 0 bridgehead atoms. The molecule has 1 fully saturated rings. The summed E-state index contributed by atoms with van der Waals surface area (Å²) in [4.78, 5) is 54.0. The Bertz CT molecular complexity index is 1280. The molecule has 36 heavy (non-hydrogen) atoms. The molecule has 0 atom stereocenters. The molecule has 1 saturated heterocycles.